The van der Waals surface area contributed by atoms with E-state index >= 15 is 0 Å². The van der Waals surface area contributed by atoms with Gasteiger partial charge in [0.15, 0.2) is 12.5 Å². The van der Waals surface area contributed by atoms with Gasteiger partial charge in [-0.2, -0.15) is 16.6 Å². The fourth-order valence-electron chi connectivity index (χ4n) is 6.58. The second-order valence-electron chi connectivity index (χ2n) is 13.4. The number of hydrogen-bond acceptors (Lipinski definition) is 19. The maximum Gasteiger partial charge on any atom is 0.497 e. The molecule has 0 amide bonds. The first-order valence-electron chi connectivity index (χ1n) is 17.0. The summed E-state index contributed by atoms with van der Waals surface area (Å²) in [5.74, 6) is 0.581. The molecule has 0 radical (unpaired) electrons. The summed E-state index contributed by atoms with van der Waals surface area (Å²) in [5, 5.41) is 88.4. The van der Waals surface area contributed by atoms with E-state index in [0.717, 1.165) is 19.8 Å². The quantitative estimate of drug-likeness (QED) is 0.0649. The number of anilines is 2. The Morgan fingerprint density at radius 1 is 0.825 bits per heavy atom. The normalized spacial score (nSPS) is 24.3. The second-order valence-corrected chi connectivity index (χ2v) is 16.8. The summed E-state index contributed by atoms with van der Waals surface area (Å²) in [5.41, 5.74) is 10.3. The topological polar surface area (TPSA) is 322 Å². The molecule has 0 spiro atoms. The van der Waals surface area contributed by atoms with Gasteiger partial charge in [-0.15, -0.1) is 11.3 Å². The molecule has 2 aliphatic heterocycles. The molecule has 0 aromatic carbocycles. The number of nitriles is 1. The van der Waals surface area contributed by atoms with E-state index in [1.54, 1.807) is 39.7 Å². The van der Waals surface area contributed by atoms with Gasteiger partial charge in [0.1, 0.15) is 82.1 Å². The molecule has 4 unspecified atom stereocenters. The van der Waals surface area contributed by atoms with Crippen LogP contribution < -0.4 is 16.2 Å². The Morgan fingerprint density at radius 3 is 1.73 bits per heavy atom. The molecule has 2 fully saturated rings. The van der Waals surface area contributed by atoms with E-state index in [0.29, 0.717) is 48.1 Å². The number of nitrogen functional groups attached to an aromatic ring is 2. The van der Waals surface area contributed by atoms with Crippen LogP contribution in [0.25, 0.3) is 37.4 Å². The molecule has 0 bridgehead atoms. The van der Waals surface area contributed by atoms with Gasteiger partial charge in [0.25, 0.3) is 0 Å². The first-order valence-corrected chi connectivity index (χ1v) is 19.8. The molecule has 8 rings (SSSR count). The molecule has 24 heteroatoms. The van der Waals surface area contributed by atoms with Gasteiger partial charge >= 0.3 is 7.12 Å². The first kappa shape index (κ1) is 56.6. The number of aliphatic hydroxyl groups is 6. The fraction of sp³-hybridized carbons (Fsp3) is 0.436. The number of nitrogens with zero attached hydrogens (tertiary/aromatic N) is 8. The lowest BCUT2D eigenvalue weighted by atomic mass is 9.90. The van der Waals surface area contributed by atoms with Crippen LogP contribution >= 0.6 is 45.3 Å². The standard InChI is InChI=1S/C17H17N5O4S.C12H15IN4O4.C5H4BNO2S.5CH4/c1-17(25)13(24)10(6-23)26-16(17)22-5-9(11-3-2-8(4-18)27-11)12-14(19)20-7-21-15(12)22;1-12(20)8(19)6(3-18)21-11(12)17-2-5(13)7-9(14)15-4-16-10(7)17;1-7-5-3-2-4(10-5)6(8)9;;;;;/h2-3,5,7,10,13,16,23-25H,6H2,1H3,(H2,19,20,21);2,4,6,8,11,18-20H,3H2,1H3,(H2,14,15,16);2-3,8-9H;5*1H4/t10?,13?,16-,17-;6?,8?,11-,12-;;;;;;/m11....../s1. The SMILES string of the molecule is C.C.C.C.C.C[C@@]1(O)C(O)C(CO)O[C@H]1n1cc(-c2ccc(C#N)s2)c2c(N)ncnc21.C[C@@]1(O)C(O)C(CO)O[C@H]1n1cc(I)c2c(N)ncnc21.[C-]#[N+]c1ccc(B(O)O)s1. The van der Waals surface area contributed by atoms with E-state index in [-0.39, 0.29) is 49.6 Å². The minimum Gasteiger partial charge on any atom is -0.423 e. The zero-order chi connectivity index (χ0) is 42.3. The van der Waals surface area contributed by atoms with Crippen LogP contribution in [0, 0.1) is 21.5 Å². The van der Waals surface area contributed by atoms with Crippen LogP contribution in [0.4, 0.5) is 16.6 Å². The van der Waals surface area contributed by atoms with Crippen LogP contribution in [0.5, 0.6) is 0 Å². The molecule has 344 valence electrons. The summed E-state index contributed by atoms with van der Waals surface area (Å²) < 4.78 is 15.7. The zero-order valence-corrected chi connectivity index (χ0v) is 34.2. The Labute approximate surface area is 387 Å². The van der Waals surface area contributed by atoms with Crippen LogP contribution in [0.1, 0.15) is 68.3 Å². The van der Waals surface area contributed by atoms with E-state index in [1.807, 2.05) is 0 Å². The van der Waals surface area contributed by atoms with Crippen LogP contribution in [0.2, 0.25) is 0 Å². The molecule has 0 saturated carbocycles. The van der Waals surface area contributed by atoms with Crippen molar-refractivity contribution in [3.63, 3.8) is 0 Å². The van der Waals surface area contributed by atoms with Gasteiger partial charge in [-0.25, -0.2) is 24.8 Å². The van der Waals surface area contributed by atoms with E-state index in [1.165, 1.54) is 43.9 Å². The Hall–Kier alpha value is -4.39. The molecule has 6 aromatic heterocycles. The number of fused-ring (bicyclic) bond motifs is 2. The smallest absolute Gasteiger partial charge is 0.423 e. The summed E-state index contributed by atoms with van der Waals surface area (Å²) >= 11 is 4.47. The van der Waals surface area contributed by atoms with Crippen molar-refractivity contribution in [2.45, 2.75) is 99.1 Å². The van der Waals surface area contributed by atoms with Gasteiger partial charge in [0.2, 0.25) is 5.00 Å². The van der Waals surface area contributed by atoms with Crippen molar-refractivity contribution in [3.05, 3.63) is 69.2 Å². The molecule has 8 atom stereocenters. The first-order chi connectivity index (χ1) is 27.5. The number of aliphatic hydroxyl groups excluding tert-OH is 4. The number of thiophene rings is 2. The minimum atomic E-state index is -1.66. The number of aromatic nitrogens is 6. The monoisotopic (exact) mass is 1030 g/mol. The van der Waals surface area contributed by atoms with Crippen molar-refractivity contribution in [3.8, 4) is 16.5 Å². The van der Waals surface area contributed by atoms with Crippen molar-refractivity contribution in [2.24, 2.45) is 0 Å². The predicted molar refractivity (Wildman–Crippen MR) is 254 cm³/mol. The summed E-state index contributed by atoms with van der Waals surface area (Å²) in [7, 11) is -1.44. The highest BCUT2D eigenvalue weighted by Crippen LogP contribution is 2.44. The van der Waals surface area contributed by atoms with Crippen molar-refractivity contribution >= 4 is 95.9 Å². The summed E-state index contributed by atoms with van der Waals surface area (Å²) in [4.78, 5) is 20.9. The van der Waals surface area contributed by atoms with E-state index < -0.39 is 61.8 Å². The molecule has 20 nitrogen and oxygen atoms in total. The van der Waals surface area contributed by atoms with Gasteiger partial charge in [-0.1, -0.05) is 43.2 Å². The number of halogens is 1. The van der Waals surface area contributed by atoms with Gasteiger partial charge in [-0.3, -0.25) is 0 Å². The molecular weight excluding hydrogens is 970 g/mol. The Morgan fingerprint density at radius 2 is 1.32 bits per heavy atom. The average molecular weight is 1030 g/mol. The van der Waals surface area contributed by atoms with Gasteiger partial charge in [-0.05, 0) is 54.6 Å². The number of ether oxygens (including phenoxy) is 2. The number of nitrogens with two attached hydrogens (primary N) is 2. The van der Waals surface area contributed by atoms with E-state index in [9.17, 15) is 30.6 Å². The Balaban J connectivity index is 0.000000494. The summed E-state index contributed by atoms with van der Waals surface area (Å²) in [6.45, 7) is 8.64. The molecule has 8 heterocycles. The van der Waals surface area contributed by atoms with Crippen LogP contribution in [0.15, 0.2) is 49.3 Å². The van der Waals surface area contributed by atoms with Gasteiger partial charge < -0.3 is 70.8 Å². The van der Waals surface area contributed by atoms with Gasteiger partial charge in [0, 0.05) is 31.2 Å². The van der Waals surface area contributed by atoms with Crippen LogP contribution in [-0.2, 0) is 9.47 Å². The summed E-state index contributed by atoms with van der Waals surface area (Å²) in [6.07, 6.45) is -0.103. The molecule has 63 heavy (non-hydrogen) atoms. The van der Waals surface area contributed by atoms with E-state index in [2.05, 4.69) is 53.4 Å². The predicted octanol–water partition coefficient (Wildman–Crippen LogP) is 3.39. The van der Waals surface area contributed by atoms with Crippen molar-refractivity contribution < 1.29 is 50.2 Å². The lowest BCUT2D eigenvalue weighted by Gasteiger charge is -2.27. The number of hydrogen-bond donors (Lipinski definition) is 10. The molecule has 2 saturated heterocycles. The molecule has 0 aliphatic carbocycles. The number of rotatable bonds is 6. The van der Waals surface area contributed by atoms with E-state index in [4.69, 9.17) is 42.8 Å². The third-order valence-electron chi connectivity index (χ3n) is 9.56. The van der Waals surface area contributed by atoms with Crippen molar-refractivity contribution in [1.82, 2.24) is 29.1 Å². The molecule has 2 aliphatic rings. The largest absolute Gasteiger partial charge is 0.497 e. The maximum atomic E-state index is 10.8. The second kappa shape index (κ2) is 22.5. The fourth-order valence-corrected chi connectivity index (χ4v) is 8.88. The summed E-state index contributed by atoms with van der Waals surface area (Å²) in [6, 6.07) is 8.69. The highest BCUT2D eigenvalue weighted by Gasteiger charge is 2.54. The average Bonchev–Trinajstić information content (AvgIpc) is 4.05. The van der Waals surface area contributed by atoms with Crippen LogP contribution in [0.3, 0.4) is 0 Å². The van der Waals surface area contributed by atoms with Gasteiger partial charge in [0.05, 0.1) is 30.6 Å². The third kappa shape index (κ3) is 10.6. The highest BCUT2D eigenvalue weighted by atomic mass is 127. The third-order valence-corrected chi connectivity index (χ3v) is 12.4. The van der Waals surface area contributed by atoms with Crippen molar-refractivity contribution in [2.75, 3.05) is 24.7 Å². The van der Waals surface area contributed by atoms with Crippen molar-refractivity contribution in [1.29, 1.82) is 5.26 Å². The maximum absolute atomic E-state index is 10.8. The molecule has 12 N–H and O–H groups in total. The highest BCUT2D eigenvalue weighted by molar-refractivity contribution is 14.1. The zero-order valence-electron chi connectivity index (χ0n) is 30.4. The lowest BCUT2D eigenvalue weighted by Crippen LogP contribution is -2.44. The minimum absolute atomic E-state index is 0. The Kier molecular flexibility index (Phi) is 20.2. The molecule has 6 aromatic rings. The Bertz CT molecular complexity index is 2520. The van der Waals surface area contributed by atoms with Crippen LogP contribution in [-0.4, -0.2) is 126 Å². The molecular formula is C39H56BIN10O10S2. The lowest BCUT2D eigenvalue weighted by molar-refractivity contribution is -0.0948.